The average molecular weight is 220 g/mol. The van der Waals surface area contributed by atoms with Crippen LogP contribution in [0.5, 0.6) is 0 Å². The number of fused-ring (bicyclic) bond motifs is 1. The molecule has 4 nitrogen and oxygen atoms in total. The van der Waals surface area contributed by atoms with Gasteiger partial charge in [0.05, 0.1) is 0 Å². The summed E-state index contributed by atoms with van der Waals surface area (Å²) < 4.78 is 0. The van der Waals surface area contributed by atoms with Crippen molar-refractivity contribution in [3.05, 3.63) is 23.5 Å². The zero-order valence-corrected chi connectivity index (χ0v) is 9.15. The Morgan fingerprint density at radius 3 is 3.06 bits per heavy atom. The minimum Gasteiger partial charge on any atom is -0.480 e. The fraction of sp³-hybridized carbons (Fsp3) is 0.583. The first-order valence-electron chi connectivity index (χ1n) is 5.89. The van der Waals surface area contributed by atoms with Gasteiger partial charge in [0.1, 0.15) is 11.9 Å². The van der Waals surface area contributed by atoms with Crippen molar-refractivity contribution >= 4 is 5.97 Å². The number of carbonyl (C=O) groups is 1. The van der Waals surface area contributed by atoms with Crippen LogP contribution in [0.25, 0.3) is 0 Å². The van der Waals surface area contributed by atoms with Crippen molar-refractivity contribution in [2.45, 2.75) is 25.3 Å². The number of carboxylic acids is 1. The minimum atomic E-state index is -0.740. The maximum absolute atomic E-state index is 11.0. The number of hydrogen-bond donors (Lipinski definition) is 2. The van der Waals surface area contributed by atoms with E-state index in [4.69, 9.17) is 5.11 Å². The molecular weight excluding hydrogens is 204 g/mol. The van der Waals surface area contributed by atoms with E-state index >= 15 is 0 Å². The third-order valence-corrected chi connectivity index (χ3v) is 3.73. The molecule has 0 amide bonds. The summed E-state index contributed by atoms with van der Waals surface area (Å²) in [4.78, 5) is 13.3. The van der Waals surface area contributed by atoms with Crippen LogP contribution in [0.1, 0.15) is 19.3 Å². The summed E-state index contributed by atoms with van der Waals surface area (Å²) in [5.41, 5.74) is 1.28. The maximum atomic E-state index is 11.0. The molecule has 2 N–H and O–H groups in total. The van der Waals surface area contributed by atoms with Crippen LogP contribution in [0.4, 0.5) is 0 Å². The fourth-order valence-corrected chi connectivity index (χ4v) is 2.79. The van der Waals surface area contributed by atoms with Crippen LogP contribution >= 0.6 is 0 Å². The number of aliphatic carboxylic acids is 1. The Hall–Kier alpha value is -1.45. The van der Waals surface area contributed by atoms with E-state index in [-0.39, 0.29) is 0 Å². The maximum Gasteiger partial charge on any atom is 0.326 e. The van der Waals surface area contributed by atoms with Crippen molar-refractivity contribution in [3.63, 3.8) is 0 Å². The first-order valence-corrected chi connectivity index (χ1v) is 5.89. The van der Waals surface area contributed by atoms with Crippen molar-refractivity contribution in [3.8, 4) is 0 Å². The Morgan fingerprint density at radius 2 is 2.38 bits per heavy atom. The van der Waals surface area contributed by atoms with Crippen LogP contribution in [0.3, 0.4) is 0 Å². The fourth-order valence-electron chi connectivity index (χ4n) is 2.79. The highest BCUT2D eigenvalue weighted by molar-refractivity contribution is 5.74. The van der Waals surface area contributed by atoms with Crippen LogP contribution in [0, 0.1) is 5.92 Å². The zero-order valence-electron chi connectivity index (χ0n) is 9.15. The van der Waals surface area contributed by atoms with E-state index in [1.165, 1.54) is 12.0 Å². The van der Waals surface area contributed by atoms with Gasteiger partial charge < -0.3 is 15.3 Å². The topological polar surface area (TPSA) is 52.6 Å². The van der Waals surface area contributed by atoms with Gasteiger partial charge in [0.2, 0.25) is 0 Å². The molecular formula is C12H16N2O2. The molecule has 4 heteroatoms. The molecule has 1 fully saturated rings. The van der Waals surface area contributed by atoms with Crippen LogP contribution < -0.4 is 5.32 Å². The number of rotatable bonds is 1. The number of carboxylic acid groups (broad SMARTS) is 1. The number of hydrogen-bond acceptors (Lipinski definition) is 3. The van der Waals surface area contributed by atoms with E-state index < -0.39 is 12.0 Å². The van der Waals surface area contributed by atoms with Crippen LogP contribution in [0.15, 0.2) is 23.5 Å². The molecule has 86 valence electrons. The molecule has 2 atom stereocenters. The third-order valence-electron chi connectivity index (χ3n) is 3.73. The summed E-state index contributed by atoms with van der Waals surface area (Å²) in [6, 6.07) is -0.413. The van der Waals surface area contributed by atoms with Gasteiger partial charge in [-0.1, -0.05) is 12.2 Å². The highest BCUT2D eigenvalue weighted by Crippen LogP contribution is 2.32. The van der Waals surface area contributed by atoms with Crippen molar-refractivity contribution in [1.82, 2.24) is 10.2 Å². The molecule has 1 saturated heterocycles. The molecule has 3 aliphatic heterocycles. The van der Waals surface area contributed by atoms with Gasteiger partial charge in [-0.15, -0.1) is 0 Å². The van der Waals surface area contributed by atoms with Gasteiger partial charge in [0.15, 0.2) is 0 Å². The van der Waals surface area contributed by atoms with Gasteiger partial charge in [0.25, 0.3) is 0 Å². The molecule has 2 bridgehead atoms. The molecule has 4 aliphatic rings. The number of allylic oxidation sites excluding steroid dienone is 2. The molecule has 2 unspecified atom stereocenters. The second kappa shape index (κ2) is 3.54. The lowest BCUT2D eigenvalue weighted by Gasteiger charge is -2.36. The van der Waals surface area contributed by atoms with Gasteiger partial charge in [-0.3, -0.25) is 0 Å². The standard InChI is InChI=1S/C12H16N2O2/c15-12(16)10-5-6-14-7-8-1-3-9(4-2-8)11(14)13-10/h1,3,8,10,13H,2,4-7H2,(H,15,16). The summed E-state index contributed by atoms with van der Waals surface area (Å²) in [6.45, 7) is 1.90. The zero-order chi connectivity index (χ0) is 11.1. The lowest BCUT2D eigenvalue weighted by Crippen LogP contribution is -2.49. The van der Waals surface area contributed by atoms with Crippen LogP contribution in [-0.4, -0.2) is 35.1 Å². The molecule has 0 aromatic heterocycles. The van der Waals surface area contributed by atoms with Gasteiger partial charge in [-0.2, -0.15) is 0 Å². The predicted octanol–water partition coefficient (Wildman–Crippen LogP) is 0.926. The SMILES string of the molecule is O=C(O)C1CCN2CC3C=CC(=C2N1)CC3. The second-order valence-electron chi connectivity index (χ2n) is 4.80. The first-order chi connectivity index (χ1) is 7.74. The van der Waals surface area contributed by atoms with E-state index in [2.05, 4.69) is 22.4 Å². The van der Waals surface area contributed by atoms with Gasteiger partial charge in [0, 0.05) is 13.1 Å². The summed E-state index contributed by atoms with van der Waals surface area (Å²) in [7, 11) is 0. The smallest absolute Gasteiger partial charge is 0.326 e. The van der Waals surface area contributed by atoms with Crippen molar-refractivity contribution in [2.75, 3.05) is 13.1 Å². The van der Waals surface area contributed by atoms with Gasteiger partial charge in [-0.05, 0) is 30.8 Å². The van der Waals surface area contributed by atoms with Crippen molar-refractivity contribution < 1.29 is 9.90 Å². The molecule has 0 spiro atoms. The molecule has 0 radical (unpaired) electrons. The van der Waals surface area contributed by atoms with E-state index in [0.29, 0.717) is 12.3 Å². The van der Waals surface area contributed by atoms with E-state index in [0.717, 1.165) is 25.3 Å². The summed E-state index contributed by atoms with van der Waals surface area (Å²) in [6.07, 6.45) is 7.40. The molecule has 0 aromatic carbocycles. The first kappa shape index (κ1) is 9.75. The van der Waals surface area contributed by atoms with Crippen LogP contribution in [0.2, 0.25) is 0 Å². The summed E-state index contributed by atoms with van der Waals surface area (Å²) in [5.74, 6) is 0.967. The minimum absolute atomic E-state index is 0.413. The summed E-state index contributed by atoms with van der Waals surface area (Å²) >= 11 is 0. The number of nitrogens with one attached hydrogen (secondary N) is 1. The molecule has 1 aliphatic carbocycles. The summed E-state index contributed by atoms with van der Waals surface area (Å²) in [5, 5.41) is 12.2. The van der Waals surface area contributed by atoms with Gasteiger partial charge >= 0.3 is 5.97 Å². The Kier molecular flexibility index (Phi) is 2.16. The van der Waals surface area contributed by atoms with E-state index in [1.807, 2.05) is 0 Å². The normalized spacial score (nSPS) is 32.1. The highest BCUT2D eigenvalue weighted by Gasteiger charge is 2.32. The monoisotopic (exact) mass is 220 g/mol. The van der Waals surface area contributed by atoms with E-state index in [1.54, 1.807) is 0 Å². The van der Waals surface area contributed by atoms with Crippen molar-refractivity contribution in [2.24, 2.45) is 5.92 Å². The third kappa shape index (κ3) is 1.49. The van der Waals surface area contributed by atoms with Crippen molar-refractivity contribution in [1.29, 1.82) is 0 Å². The lowest BCUT2D eigenvalue weighted by molar-refractivity contribution is -0.140. The Morgan fingerprint density at radius 1 is 1.50 bits per heavy atom. The highest BCUT2D eigenvalue weighted by atomic mass is 16.4. The molecule has 0 aromatic rings. The van der Waals surface area contributed by atoms with Crippen LogP contribution in [-0.2, 0) is 4.79 Å². The lowest BCUT2D eigenvalue weighted by atomic mass is 9.94. The molecule has 0 saturated carbocycles. The molecule has 4 rings (SSSR count). The van der Waals surface area contributed by atoms with E-state index in [9.17, 15) is 4.79 Å². The van der Waals surface area contributed by atoms with Gasteiger partial charge in [-0.25, -0.2) is 4.79 Å². The Balaban J connectivity index is 1.91. The predicted molar refractivity (Wildman–Crippen MR) is 59.6 cm³/mol. The Bertz CT molecular complexity index is 386. The largest absolute Gasteiger partial charge is 0.480 e. The Labute approximate surface area is 94.6 Å². The quantitative estimate of drug-likeness (QED) is 0.690. The molecule has 16 heavy (non-hydrogen) atoms. The molecule has 3 heterocycles. The second-order valence-corrected chi connectivity index (χ2v) is 4.80. The average Bonchev–Trinajstić information content (AvgIpc) is 2.57. The number of nitrogens with zero attached hydrogens (tertiary/aromatic N) is 1.